The molecule has 1 unspecified atom stereocenters. The zero-order valence-corrected chi connectivity index (χ0v) is 5.80. The minimum absolute atomic E-state index is 0.267. The lowest BCUT2D eigenvalue weighted by atomic mass is 10.2. The molecule has 3 nitrogen and oxygen atoms in total. The molecule has 54 valence electrons. The first-order valence-electron chi connectivity index (χ1n) is 3.36. The molecule has 0 aromatic heterocycles. The number of hydrogen-bond donors (Lipinski definition) is 2. The van der Waals surface area contributed by atoms with Crippen molar-refractivity contribution < 1.29 is 5.11 Å². The third kappa shape index (κ3) is 1.64. The first kappa shape index (κ1) is 6.99. The molecule has 1 heterocycles. The Hall–Kier alpha value is -0.120. The fourth-order valence-electron chi connectivity index (χ4n) is 1.07. The molecule has 9 heavy (non-hydrogen) atoms. The van der Waals surface area contributed by atoms with Crippen molar-refractivity contribution in [1.29, 1.82) is 0 Å². The molecule has 0 saturated carbocycles. The van der Waals surface area contributed by atoms with Gasteiger partial charge in [0, 0.05) is 25.7 Å². The molecule has 1 atom stereocenters. The van der Waals surface area contributed by atoms with Crippen molar-refractivity contribution in [2.24, 2.45) is 0 Å². The lowest BCUT2D eigenvalue weighted by Gasteiger charge is -2.31. The summed E-state index contributed by atoms with van der Waals surface area (Å²) in [5.41, 5.74) is 0. The van der Waals surface area contributed by atoms with Crippen LogP contribution in [0.4, 0.5) is 0 Å². The molecule has 0 aromatic rings. The predicted molar refractivity (Wildman–Crippen MR) is 36.4 cm³/mol. The number of nitrogens with zero attached hydrogens (tertiary/aromatic N) is 1. The smallest absolute Gasteiger partial charge is 0.0599 e. The lowest BCUT2D eigenvalue weighted by molar-refractivity contribution is 0.124. The van der Waals surface area contributed by atoms with Crippen LogP contribution in [0.3, 0.4) is 0 Å². The van der Waals surface area contributed by atoms with Gasteiger partial charge in [-0.25, -0.2) is 0 Å². The van der Waals surface area contributed by atoms with Crippen LogP contribution in [0.15, 0.2) is 0 Å². The Morgan fingerprint density at radius 2 is 2.56 bits per heavy atom. The van der Waals surface area contributed by atoms with E-state index in [0.29, 0.717) is 6.04 Å². The Morgan fingerprint density at radius 1 is 1.78 bits per heavy atom. The molecule has 0 bridgehead atoms. The van der Waals surface area contributed by atoms with E-state index in [1.54, 1.807) is 0 Å². The Labute approximate surface area is 55.7 Å². The molecule has 1 fully saturated rings. The molecule has 1 aliphatic rings. The number of hydrogen-bond acceptors (Lipinski definition) is 3. The average Bonchev–Trinajstić information content (AvgIpc) is 1.89. The van der Waals surface area contributed by atoms with E-state index in [4.69, 9.17) is 5.11 Å². The second-order valence-electron chi connectivity index (χ2n) is 2.52. The molecule has 1 saturated heterocycles. The fraction of sp³-hybridized carbons (Fsp3) is 1.00. The highest BCUT2D eigenvalue weighted by Gasteiger charge is 2.16. The fourth-order valence-corrected chi connectivity index (χ4v) is 1.07. The van der Waals surface area contributed by atoms with Crippen LogP contribution in [-0.2, 0) is 0 Å². The summed E-state index contributed by atoms with van der Waals surface area (Å²) in [5.74, 6) is 0. The molecule has 1 aliphatic heterocycles. The summed E-state index contributed by atoms with van der Waals surface area (Å²) >= 11 is 0. The van der Waals surface area contributed by atoms with Gasteiger partial charge in [0.15, 0.2) is 0 Å². The van der Waals surface area contributed by atoms with Crippen molar-refractivity contribution in [2.45, 2.75) is 6.04 Å². The Kier molecular flexibility index (Phi) is 2.45. The van der Waals surface area contributed by atoms with Crippen LogP contribution in [0.2, 0.25) is 0 Å². The molecule has 2 N–H and O–H groups in total. The van der Waals surface area contributed by atoms with Crippen LogP contribution in [0, 0.1) is 0 Å². The van der Waals surface area contributed by atoms with Gasteiger partial charge in [0.1, 0.15) is 0 Å². The highest BCUT2D eigenvalue weighted by Crippen LogP contribution is 1.96. The minimum Gasteiger partial charge on any atom is -0.395 e. The van der Waals surface area contributed by atoms with Crippen molar-refractivity contribution in [3.63, 3.8) is 0 Å². The molecular formula is C6H14N2O. The van der Waals surface area contributed by atoms with Gasteiger partial charge < -0.3 is 10.4 Å². The van der Waals surface area contributed by atoms with Crippen molar-refractivity contribution in [3.05, 3.63) is 0 Å². The molecule has 0 amide bonds. The maximum atomic E-state index is 8.78. The molecule has 0 aliphatic carbocycles. The quantitative estimate of drug-likeness (QED) is 0.472. The summed E-state index contributed by atoms with van der Waals surface area (Å²) in [4.78, 5) is 2.18. The van der Waals surface area contributed by atoms with Gasteiger partial charge >= 0.3 is 0 Å². The van der Waals surface area contributed by atoms with Crippen LogP contribution in [-0.4, -0.2) is 49.3 Å². The number of rotatable bonds is 1. The summed E-state index contributed by atoms with van der Waals surface area (Å²) in [6.45, 7) is 3.29. The predicted octanol–water partition coefficient (Wildman–Crippen LogP) is -1.12. The van der Waals surface area contributed by atoms with Gasteiger partial charge in [0.05, 0.1) is 6.61 Å². The number of nitrogens with one attached hydrogen (secondary N) is 1. The number of likely N-dealkylation sites (N-methyl/N-ethyl adjacent to an activating group) is 1. The zero-order valence-electron chi connectivity index (χ0n) is 5.80. The molecule has 0 radical (unpaired) electrons. The third-order valence-corrected chi connectivity index (χ3v) is 1.86. The zero-order chi connectivity index (χ0) is 6.69. The summed E-state index contributed by atoms with van der Waals surface area (Å²) in [5, 5.41) is 12.0. The number of piperazine rings is 1. The van der Waals surface area contributed by atoms with Gasteiger partial charge in [-0.15, -0.1) is 0 Å². The molecule has 0 spiro atoms. The first-order valence-corrected chi connectivity index (χ1v) is 3.36. The summed E-state index contributed by atoms with van der Waals surface area (Å²) in [7, 11) is 2.04. The maximum absolute atomic E-state index is 8.78. The van der Waals surface area contributed by atoms with Crippen LogP contribution >= 0.6 is 0 Å². The molecule has 1 rings (SSSR count). The van der Waals surface area contributed by atoms with Crippen molar-refractivity contribution >= 4 is 0 Å². The van der Waals surface area contributed by atoms with Gasteiger partial charge in [-0.05, 0) is 7.05 Å². The highest BCUT2D eigenvalue weighted by molar-refractivity contribution is 4.75. The monoisotopic (exact) mass is 130 g/mol. The van der Waals surface area contributed by atoms with Gasteiger partial charge in [0.25, 0.3) is 0 Å². The Morgan fingerprint density at radius 3 is 3.00 bits per heavy atom. The van der Waals surface area contributed by atoms with Gasteiger partial charge in [-0.3, -0.25) is 4.90 Å². The van der Waals surface area contributed by atoms with Crippen molar-refractivity contribution in [2.75, 3.05) is 33.3 Å². The summed E-state index contributed by atoms with van der Waals surface area (Å²) in [6, 6.07) is 0.332. The van der Waals surface area contributed by atoms with Crippen LogP contribution in [0.1, 0.15) is 0 Å². The van der Waals surface area contributed by atoms with Crippen molar-refractivity contribution in [1.82, 2.24) is 10.2 Å². The topological polar surface area (TPSA) is 35.5 Å². The largest absolute Gasteiger partial charge is 0.395 e. The Bertz CT molecular complexity index is 87.1. The summed E-state index contributed by atoms with van der Waals surface area (Å²) in [6.07, 6.45) is 0. The lowest BCUT2D eigenvalue weighted by Crippen LogP contribution is -2.50. The first-order chi connectivity index (χ1) is 4.34. The summed E-state index contributed by atoms with van der Waals surface area (Å²) < 4.78 is 0. The second-order valence-corrected chi connectivity index (χ2v) is 2.52. The van der Waals surface area contributed by atoms with Crippen LogP contribution in [0.25, 0.3) is 0 Å². The molecule has 3 heteroatoms. The standard InChI is InChI=1S/C6H14N2O/c1-8-3-2-7-4-6(8)5-9/h6-7,9H,2-5H2,1H3. The van der Waals surface area contributed by atoms with E-state index in [0.717, 1.165) is 19.6 Å². The van der Waals surface area contributed by atoms with E-state index < -0.39 is 0 Å². The van der Waals surface area contributed by atoms with Crippen LogP contribution in [0.5, 0.6) is 0 Å². The maximum Gasteiger partial charge on any atom is 0.0599 e. The van der Waals surface area contributed by atoms with E-state index in [2.05, 4.69) is 10.2 Å². The van der Waals surface area contributed by atoms with Gasteiger partial charge in [-0.2, -0.15) is 0 Å². The third-order valence-electron chi connectivity index (χ3n) is 1.86. The average molecular weight is 130 g/mol. The van der Waals surface area contributed by atoms with E-state index >= 15 is 0 Å². The normalized spacial score (nSPS) is 30.7. The second kappa shape index (κ2) is 3.15. The molecule has 0 aromatic carbocycles. The highest BCUT2D eigenvalue weighted by atomic mass is 16.3. The number of aliphatic hydroxyl groups is 1. The van der Waals surface area contributed by atoms with Gasteiger partial charge in [0.2, 0.25) is 0 Å². The van der Waals surface area contributed by atoms with Crippen LogP contribution < -0.4 is 5.32 Å². The van der Waals surface area contributed by atoms with Crippen molar-refractivity contribution in [3.8, 4) is 0 Å². The van der Waals surface area contributed by atoms with E-state index in [-0.39, 0.29) is 6.61 Å². The van der Waals surface area contributed by atoms with Gasteiger partial charge in [-0.1, -0.05) is 0 Å². The molecular weight excluding hydrogens is 116 g/mol. The van der Waals surface area contributed by atoms with E-state index in [1.807, 2.05) is 7.05 Å². The minimum atomic E-state index is 0.267. The Balaban J connectivity index is 2.30. The SMILES string of the molecule is CN1CCNCC1CO. The van der Waals surface area contributed by atoms with E-state index in [1.165, 1.54) is 0 Å². The number of aliphatic hydroxyl groups excluding tert-OH is 1. The van der Waals surface area contributed by atoms with E-state index in [9.17, 15) is 0 Å².